The molecule has 1 amide bonds. The van der Waals surface area contributed by atoms with Gasteiger partial charge in [-0.3, -0.25) is 9.69 Å². The van der Waals surface area contributed by atoms with Crippen LogP contribution in [0.25, 0.3) is 11.1 Å². The molecule has 0 aromatic heterocycles. The van der Waals surface area contributed by atoms with Crippen molar-refractivity contribution >= 4 is 40.4 Å². The van der Waals surface area contributed by atoms with E-state index in [2.05, 4.69) is 0 Å². The Morgan fingerprint density at radius 2 is 1.93 bits per heavy atom. The summed E-state index contributed by atoms with van der Waals surface area (Å²) in [7, 11) is 0. The highest BCUT2D eigenvalue weighted by Crippen LogP contribution is 2.29. The molecule has 0 bridgehead atoms. The quantitative estimate of drug-likeness (QED) is 0.384. The van der Waals surface area contributed by atoms with Crippen molar-refractivity contribution < 1.29 is 28.6 Å². The van der Waals surface area contributed by atoms with Crippen molar-refractivity contribution in [3.05, 3.63) is 57.4 Å². The topological polar surface area (TPSA) is 83.9 Å². The predicted octanol–water partition coefficient (Wildman–Crippen LogP) is 3.97. The van der Waals surface area contributed by atoms with Crippen LogP contribution in [0.3, 0.4) is 0 Å². The van der Waals surface area contributed by atoms with Gasteiger partial charge in [0.25, 0.3) is 0 Å². The van der Waals surface area contributed by atoms with Crippen molar-refractivity contribution in [2.24, 2.45) is 0 Å². The summed E-state index contributed by atoms with van der Waals surface area (Å²) < 4.78 is 19.7. The lowest BCUT2D eigenvalue weighted by molar-refractivity contribution is -0.147. The molecule has 1 atom stereocenters. The summed E-state index contributed by atoms with van der Waals surface area (Å²) in [5, 5.41) is 9.09. The summed E-state index contributed by atoms with van der Waals surface area (Å²) in [5.41, 5.74) is 1.43. The Morgan fingerprint density at radius 1 is 1.21 bits per heavy atom. The Kier molecular flexibility index (Phi) is 6.28. The molecular weight excluding hydrogens is 480 g/mol. The van der Waals surface area contributed by atoms with Gasteiger partial charge in [-0.1, -0.05) is 30.3 Å². The van der Waals surface area contributed by atoms with Crippen molar-refractivity contribution in [2.45, 2.75) is 18.9 Å². The molecule has 0 radical (unpaired) electrons. The number of ether oxygens (including phenoxy) is 1. The number of carbonyl (C=O) groups excluding carboxylic acids is 2. The van der Waals surface area contributed by atoms with Gasteiger partial charge in [-0.05, 0) is 58.7 Å². The molecule has 1 aliphatic rings. The molecular formula is C20H17FINO5. The first-order chi connectivity index (χ1) is 13.4. The molecule has 1 aliphatic heterocycles. The fourth-order valence-corrected chi connectivity index (χ4v) is 3.76. The Hall–Kier alpha value is -2.49. The van der Waals surface area contributed by atoms with E-state index in [0.29, 0.717) is 22.0 Å². The number of Topliss-reactive ketones (excluding diaryl/α,β-unsaturated/α-hetero) is 1. The third-order valence-electron chi connectivity index (χ3n) is 4.55. The van der Waals surface area contributed by atoms with Gasteiger partial charge in [0.05, 0.1) is 3.57 Å². The second-order valence-electron chi connectivity index (χ2n) is 6.35. The van der Waals surface area contributed by atoms with Crippen LogP contribution >= 0.6 is 22.6 Å². The Morgan fingerprint density at radius 3 is 2.61 bits per heavy atom. The van der Waals surface area contributed by atoms with Gasteiger partial charge in [0.15, 0.2) is 12.4 Å². The van der Waals surface area contributed by atoms with Crippen LogP contribution in [0.15, 0.2) is 42.5 Å². The molecule has 3 rings (SSSR count). The van der Waals surface area contributed by atoms with E-state index in [1.165, 1.54) is 0 Å². The first-order valence-corrected chi connectivity index (χ1v) is 9.70. The highest BCUT2D eigenvalue weighted by Gasteiger charge is 2.35. The lowest BCUT2D eigenvalue weighted by Gasteiger charge is -2.19. The van der Waals surface area contributed by atoms with E-state index in [1.54, 1.807) is 6.07 Å². The summed E-state index contributed by atoms with van der Waals surface area (Å²) in [4.78, 5) is 36.7. The van der Waals surface area contributed by atoms with E-state index in [0.717, 1.165) is 16.5 Å². The molecule has 146 valence electrons. The minimum atomic E-state index is -1.20. The van der Waals surface area contributed by atoms with Crippen LogP contribution in [0, 0.1) is 9.39 Å². The number of rotatable bonds is 5. The van der Waals surface area contributed by atoms with Crippen molar-refractivity contribution in [3.63, 3.8) is 0 Å². The molecule has 0 aliphatic carbocycles. The first kappa shape index (κ1) is 20.2. The van der Waals surface area contributed by atoms with E-state index in [-0.39, 0.29) is 12.1 Å². The molecule has 6 nitrogen and oxygen atoms in total. The van der Waals surface area contributed by atoms with Crippen molar-refractivity contribution in [3.8, 4) is 11.1 Å². The highest BCUT2D eigenvalue weighted by molar-refractivity contribution is 14.1. The van der Waals surface area contributed by atoms with Crippen LogP contribution in [0.5, 0.6) is 0 Å². The molecule has 0 unspecified atom stereocenters. The number of ketones is 1. The minimum Gasteiger partial charge on any atom is -0.465 e. The molecule has 8 heteroatoms. The number of nitrogens with zero attached hydrogens (tertiary/aromatic N) is 1. The zero-order valence-electron chi connectivity index (χ0n) is 14.7. The zero-order valence-corrected chi connectivity index (χ0v) is 16.9. The SMILES string of the molecule is O=C(COC(=O)[C@@H]1CCCN1C(=O)O)c1cc(F)c(I)c(-c2ccccc2)c1. The molecule has 1 fully saturated rings. The maximum Gasteiger partial charge on any atom is 0.408 e. The van der Waals surface area contributed by atoms with Gasteiger partial charge in [0.2, 0.25) is 0 Å². The predicted molar refractivity (Wildman–Crippen MR) is 108 cm³/mol. The van der Waals surface area contributed by atoms with Crippen molar-refractivity contribution in [1.29, 1.82) is 0 Å². The molecule has 28 heavy (non-hydrogen) atoms. The zero-order chi connectivity index (χ0) is 20.3. The molecule has 1 saturated heterocycles. The minimum absolute atomic E-state index is 0.0890. The van der Waals surface area contributed by atoms with Crippen molar-refractivity contribution in [1.82, 2.24) is 4.90 Å². The molecule has 0 spiro atoms. The number of carbonyl (C=O) groups is 3. The Labute approximate surface area is 174 Å². The largest absolute Gasteiger partial charge is 0.465 e. The van der Waals surface area contributed by atoms with E-state index in [4.69, 9.17) is 9.84 Å². The third-order valence-corrected chi connectivity index (χ3v) is 5.65. The normalized spacial score (nSPS) is 16.1. The molecule has 1 N–H and O–H groups in total. The van der Waals surface area contributed by atoms with Crippen LogP contribution in [0.1, 0.15) is 23.2 Å². The summed E-state index contributed by atoms with van der Waals surface area (Å²) in [6.07, 6.45) is -0.281. The Balaban J connectivity index is 1.74. The number of esters is 1. The van der Waals surface area contributed by atoms with Gasteiger partial charge in [0.1, 0.15) is 11.9 Å². The molecule has 2 aromatic carbocycles. The second-order valence-corrected chi connectivity index (χ2v) is 7.43. The fraction of sp³-hybridized carbons (Fsp3) is 0.250. The van der Waals surface area contributed by atoms with Crippen LogP contribution < -0.4 is 0 Å². The van der Waals surface area contributed by atoms with Gasteiger partial charge >= 0.3 is 12.1 Å². The van der Waals surface area contributed by atoms with Gasteiger partial charge in [-0.25, -0.2) is 14.0 Å². The van der Waals surface area contributed by atoms with E-state index >= 15 is 0 Å². The second kappa shape index (κ2) is 8.68. The maximum atomic E-state index is 14.3. The van der Waals surface area contributed by atoms with Crippen molar-refractivity contribution in [2.75, 3.05) is 13.2 Å². The number of amides is 1. The van der Waals surface area contributed by atoms with Gasteiger partial charge in [0, 0.05) is 12.1 Å². The smallest absolute Gasteiger partial charge is 0.408 e. The number of benzene rings is 2. The standard InChI is InChI=1S/C20H17FINO5/c21-15-10-13(9-14(18(15)22)12-5-2-1-3-6-12)17(24)11-28-19(25)16-7-4-8-23(16)20(26)27/h1-3,5-6,9-10,16H,4,7-8,11H2,(H,26,27)/t16-/m0/s1. The lowest BCUT2D eigenvalue weighted by atomic mass is 10.0. The van der Waals surface area contributed by atoms with Crippen LogP contribution in [-0.4, -0.2) is 47.0 Å². The van der Waals surface area contributed by atoms with Gasteiger partial charge in [-0.2, -0.15) is 0 Å². The van der Waals surface area contributed by atoms with Crippen LogP contribution in [0.4, 0.5) is 9.18 Å². The Bertz CT molecular complexity index is 918. The first-order valence-electron chi connectivity index (χ1n) is 8.62. The maximum absolute atomic E-state index is 14.3. The summed E-state index contributed by atoms with van der Waals surface area (Å²) in [6, 6.07) is 10.9. The third kappa shape index (κ3) is 4.32. The summed E-state index contributed by atoms with van der Waals surface area (Å²) >= 11 is 1.88. The number of hydrogen-bond donors (Lipinski definition) is 1. The van der Waals surface area contributed by atoms with Crippen LogP contribution in [0.2, 0.25) is 0 Å². The molecule has 1 heterocycles. The van der Waals surface area contributed by atoms with Gasteiger partial charge in [-0.15, -0.1) is 0 Å². The molecule has 2 aromatic rings. The van der Waals surface area contributed by atoms with Gasteiger partial charge < -0.3 is 9.84 Å². The fourth-order valence-electron chi connectivity index (χ4n) is 3.13. The number of hydrogen-bond acceptors (Lipinski definition) is 4. The highest BCUT2D eigenvalue weighted by atomic mass is 127. The van der Waals surface area contributed by atoms with E-state index < -0.39 is 36.3 Å². The van der Waals surface area contributed by atoms with Crippen LogP contribution in [-0.2, 0) is 9.53 Å². The van der Waals surface area contributed by atoms with E-state index in [1.807, 2.05) is 52.9 Å². The van der Waals surface area contributed by atoms with E-state index in [9.17, 15) is 18.8 Å². The lowest BCUT2D eigenvalue weighted by Crippen LogP contribution is -2.41. The number of likely N-dealkylation sites (tertiary alicyclic amines) is 1. The molecule has 0 saturated carbocycles. The summed E-state index contributed by atoms with van der Waals surface area (Å²) in [5.74, 6) is -1.85. The average Bonchev–Trinajstić information content (AvgIpc) is 3.19. The number of halogens is 2. The monoisotopic (exact) mass is 497 g/mol. The number of carboxylic acid groups (broad SMARTS) is 1. The average molecular weight is 497 g/mol. The summed E-state index contributed by atoms with van der Waals surface area (Å²) in [6.45, 7) is -0.317.